The average molecular weight is 253 g/mol. The van der Waals surface area contributed by atoms with Gasteiger partial charge in [-0.25, -0.2) is 4.79 Å². The fourth-order valence-corrected chi connectivity index (χ4v) is 2.98. The van der Waals surface area contributed by atoms with Crippen LogP contribution in [-0.4, -0.2) is 30.1 Å². The van der Waals surface area contributed by atoms with Gasteiger partial charge in [0.05, 0.1) is 0 Å². The van der Waals surface area contributed by atoms with Crippen LogP contribution in [0.1, 0.15) is 30.7 Å². The van der Waals surface area contributed by atoms with Crippen molar-refractivity contribution in [3.05, 3.63) is 22.4 Å². The van der Waals surface area contributed by atoms with E-state index in [4.69, 9.17) is 5.73 Å². The lowest BCUT2D eigenvalue weighted by molar-refractivity contribution is 0.183. The molecule has 1 saturated heterocycles. The lowest BCUT2D eigenvalue weighted by Gasteiger charge is -2.32. The molecular formula is C12H19N3OS. The minimum absolute atomic E-state index is 0.297. The monoisotopic (exact) mass is 253 g/mol. The molecule has 1 aliphatic rings. The minimum Gasteiger partial charge on any atom is -0.351 e. The SMILES string of the molecule is C[C@@H](NC1CCN(C(N)=O)CC1)c1cccs1. The second-order valence-corrected chi connectivity index (χ2v) is 5.48. The highest BCUT2D eigenvalue weighted by molar-refractivity contribution is 7.10. The molecule has 0 aliphatic carbocycles. The predicted octanol–water partition coefficient (Wildman–Crippen LogP) is 1.94. The number of rotatable bonds is 3. The lowest BCUT2D eigenvalue weighted by Crippen LogP contribution is -2.47. The average Bonchev–Trinajstić information content (AvgIpc) is 2.83. The molecule has 1 aliphatic heterocycles. The summed E-state index contributed by atoms with van der Waals surface area (Å²) in [4.78, 5) is 14.1. The van der Waals surface area contributed by atoms with Crippen LogP contribution >= 0.6 is 11.3 Å². The molecule has 1 atom stereocenters. The van der Waals surface area contributed by atoms with Crippen LogP contribution in [0.3, 0.4) is 0 Å². The Bertz CT molecular complexity index is 358. The van der Waals surface area contributed by atoms with Crippen molar-refractivity contribution in [3.8, 4) is 0 Å². The summed E-state index contributed by atoms with van der Waals surface area (Å²) in [6.07, 6.45) is 1.97. The first-order valence-electron chi connectivity index (χ1n) is 6.00. The Labute approximate surface area is 106 Å². The number of thiophene rings is 1. The van der Waals surface area contributed by atoms with Crippen molar-refractivity contribution in [1.29, 1.82) is 0 Å². The van der Waals surface area contributed by atoms with E-state index < -0.39 is 0 Å². The van der Waals surface area contributed by atoms with Gasteiger partial charge in [0, 0.05) is 30.1 Å². The Hall–Kier alpha value is -1.07. The topological polar surface area (TPSA) is 58.4 Å². The van der Waals surface area contributed by atoms with Crippen molar-refractivity contribution in [2.75, 3.05) is 13.1 Å². The van der Waals surface area contributed by atoms with Crippen LogP contribution < -0.4 is 11.1 Å². The van der Waals surface area contributed by atoms with Crippen LogP contribution in [0.5, 0.6) is 0 Å². The highest BCUT2D eigenvalue weighted by Gasteiger charge is 2.22. The maximum atomic E-state index is 11.0. The van der Waals surface area contributed by atoms with E-state index in [1.54, 1.807) is 16.2 Å². The fourth-order valence-electron chi connectivity index (χ4n) is 2.24. The summed E-state index contributed by atoms with van der Waals surface area (Å²) in [5.74, 6) is 0. The third kappa shape index (κ3) is 3.20. The van der Waals surface area contributed by atoms with Crippen molar-refractivity contribution in [1.82, 2.24) is 10.2 Å². The molecule has 3 N–H and O–H groups in total. The van der Waals surface area contributed by atoms with Crippen molar-refractivity contribution in [2.24, 2.45) is 5.73 Å². The van der Waals surface area contributed by atoms with Crippen LogP contribution in [-0.2, 0) is 0 Å². The van der Waals surface area contributed by atoms with Crippen molar-refractivity contribution in [2.45, 2.75) is 31.8 Å². The Morgan fingerprint density at radius 2 is 2.29 bits per heavy atom. The van der Waals surface area contributed by atoms with Crippen LogP contribution in [0.2, 0.25) is 0 Å². The zero-order chi connectivity index (χ0) is 12.3. The summed E-state index contributed by atoms with van der Waals surface area (Å²) in [6, 6.07) is 4.81. The highest BCUT2D eigenvalue weighted by atomic mass is 32.1. The molecule has 17 heavy (non-hydrogen) atoms. The molecule has 2 amide bonds. The number of hydrogen-bond acceptors (Lipinski definition) is 3. The van der Waals surface area contributed by atoms with Crippen LogP contribution in [0.15, 0.2) is 17.5 Å². The summed E-state index contributed by atoms with van der Waals surface area (Å²) < 4.78 is 0. The second kappa shape index (κ2) is 5.51. The molecule has 0 unspecified atom stereocenters. The van der Waals surface area contributed by atoms with Gasteiger partial charge in [0.25, 0.3) is 0 Å². The van der Waals surface area contributed by atoms with Gasteiger partial charge >= 0.3 is 6.03 Å². The number of primary amides is 1. The van der Waals surface area contributed by atoms with Gasteiger partial charge in [-0.1, -0.05) is 6.07 Å². The molecule has 0 radical (unpaired) electrons. The molecule has 1 aromatic heterocycles. The Morgan fingerprint density at radius 3 is 2.82 bits per heavy atom. The zero-order valence-corrected chi connectivity index (χ0v) is 10.9. The zero-order valence-electron chi connectivity index (χ0n) is 10.1. The summed E-state index contributed by atoms with van der Waals surface area (Å²) in [6.45, 7) is 3.72. The van der Waals surface area contributed by atoms with Gasteiger partial charge in [-0.15, -0.1) is 11.3 Å². The Balaban J connectivity index is 1.80. The smallest absolute Gasteiger partial charge is 0.314 e. The quantitative estimate of drug-likeness (QED) is 0.865. The van der Waals surface area contributed by atoms with Crippen LogP contribution in [0, 0.1) is 0 Å². The molecule has 0 saturated carbocycles. The summed E-state index contributed by atoms with van der Waals surface area (Å²) >= 11 is 1.78. The number of carbonyl (C=O) groups is 1. The van der Waals surface area contributed by atoms with Gasteiger partial charge in [-0.3, -0.25) is 0 Å². The van der Waals surface area contributed by atoms with Crippen LogP contribution in [0.4, 0.5) is 4.79 Å². The number of hydrogen-bond donors (Lipinski definition) is 2. The van der Waals surface area contributed by atoms with Crippen molar-refractivity contribution >= 4 is 17.4 Å². The number of carbonyl (C=O) groups excluding carboxylic acids is 1. The third-order valence-electron chi connectivity index (χ3n) is 3.26. The summed E-state index contributed by atoms with van der Waals surface area (Å²) in [5.41, 5.74) is 5.26. The molecule has 0 bridgehead atoms. The van der Waals surface area contributed by atoms with E-state index in [0.717, 1.165) is 25.9 Å². The van der Waals surface area contributed by atoms with Gasteiger partial charge in [-0.05, 0) is 31.2 Å². The molecule has 4 nitrogen and oxygen atoms in total. The molecule has 94 valence electrons. The largest absolute Gasteiger partial charge is 0.351 e. The number of nitrogens with one attached hydrogen (secondary N) is 1. The summed E-state index contributed by atoms with van der Waals surface area (Å²) in [7, 11) is 0. The number of urea groups is 1. The first kappa shape index (κ1) is 12.4. The van der Waals surface area contributed by atoms with Gasteiger partial charge in [-0.2, -0.15) is 0 Å². The predicted molar refractivity (Wildman–Crippen MR) is 70.0 cm³/mol. The lowest BCUT2D eigenvalue weighted by atomic mass is 10.0. The molecular weight excluding hydrogens is 234 g/mol. The molecule has 0 aromatic carbocycles. The standard InChI is InChI=1S/C12H19N3OS/c1-9(11-3-2-8-17-11)14-10-4-6-15(7-5-10)12(13)16/h2-3,8-10,14H,4-7H2,1H3,(H2,13,16)/t9-/m1/s1. The number of nitrogens with zero attached hydrogens (tertiary/aromatic N) is 1. The van der Waals surface area contributed by atoms with E-state index in [9.17, 15) is 4.79 Å². The molecule has 2 heterocycles. The van der Waals surface area contributed by atoms with Crippen LogP contribution in [0.25, 0.3) is 0 Å². The number of likely N-dealkylation sites (tertiary alicyclic amines) is 1. The Kier molecular flexibility index (Phi) is 4.02. The van der Waals surface area contributed by atoms with E-state index in [1.165, 1.54) is 4.88 Å². The van der Waals surface area contributed by atoms with Gasteiger partial charge < -0.3 is 16.0 Å². The van der Waals surface area contributed by atoms with Crippen molar-refractivity contribution < 1.29 is 4.79 Å². The molecule has 1 fully saturated rings. The van der Waals surface area contributed by atoms with Crippen molar-refractivity contribution in [3.63, 3.8) is 0 Å². The van der Waals surface area contributed by atoms with Gasteiger partial charge in [0.2, 0.25) is 0 Å². The van der Waals surface area contributed by atoms with Gasteiger partial charge in [0.15, 0.2) is 0 Å². The maximum Gasteiger partial charge on any atom is 0.314 e. The highest BCUT2D eigenvalue weighted by Crippen LogP contribution is 2.21. The first-order chi connectivity index (χ1) is 8.16. The first-order valence-corrected chi connectivity index (χ1v) is 6.88. The van der Waals surface area contributed by atoms with Gasteiger partial charge in [0.1, 0.15) is 0 Å². The summed E-state index contributed by atoms with van der Waals surface area (Å²) in [5, 5.41) is 5.71. The van der Waals surface area contributed by atoms with E-state index in [-0.39, 0.29) is 6.03 Å². The number of amides is 2. The minimum atomic E-state index is -0.297. The fraction of sp³-hybridized carbons (Fsp3) is 0.583. The number of piperidine rings is 1. The molecule has 0 spiro atoms. The molecule has 1 aromatic rings. The normalized spacial score (nSPS) is 19.2. The van der Waals surface area contributed by atoms with E-state index in [1.807, 2.05) is 0 Å². The molecule has 5 heteroatoms. The second-order valence-electron chi connectivity index (χ2n) is 4.50. The van der Waals surface area contributed by atoms with E-state index in [2.05, 4.69) is 29.8 Å². The Morgan fingerprint density at radius 1 is 1.59 bits per heavy atom. The van der Waals surface area contributed by atoms with E-state index in [0.29, 0.717) is 12.1 Å². The molecule has 2 rings (SSSR count). The third-order valence-corrected chi connectivity index (χ3v) is 4.32. The number of nitrogens with two attached hydrogens (primary N) is 1. The van der Waals surface area contributed by atoms with E-state index >= 15 is 0 Å². The maximum absolute atomic E-state index is 11.0.